The van der Waals surface area contributed by atoms with Crippen LogP contribution in [0, 0.1) is 0 Å². The van der Waals surface area contributed by atoms with E-state index >= 15 is 0 Å². The molecule has 1 aliphatic heterocycles. The third-order valence-electron chi connectivity index (χ3n) is 3.43. The summed E-state index contributed by atoms with van der Waals surface area (Å²) >= 11 is 0. The fraction of sp³-hybridized carbons (Fsp3) is 0.588. The number of ether oxygens (including phenoxy) is 2. The van der Waals surface area contributed by atoms with Crippen LogP contribution in [0.3, 0.4) is 0 Å². The van der Waals surface area contributed by atoms with Gasteiger partial charge < -0.3 is 19.3 Å². The summed E-state index contributed by atoms with van der Waals surface area (Å²) in [5.41, 5.74) is 0.635. The van der Waals surface area contributed by atoms with E-state index in [1.165, 1.54) is 0 Å². The van der Waals surface area contributed by atoms with Crippen LogP contribution < -0.4 is 9.64 Å². The lowest BCUT2D eigenvalue weighted by Crippen LogP contribution is -2.36. The molecule has 0 saturated carbocycles. The van der Waals surface area contributed by atoms with Gasteiger partial charge in [0, 0.05) is 38.8 Å². The van der Waals surface area contributed by atoms with Crippen LogP contribution in [0.4, 0.5) is 10.5 Å². The Kier molecular flexibility index (Phi) is 4.84. The van der Waals surface area contributed by atoms with Crippen LogP contribution in [0.2, 0.25) is 0 Å². The molecule has 0 bridgehead atoms. The Morgan fingerprint density at radius 2 is 2.05 bits per heavy atom. The molecule has 1 aromatic rings. The number of rotatable bonds is 3. The molecule has 5 nitrogen and oxygen atoms in total. The van der Waals surface area contributed by atoms with E-state index in [1.54, 1.807) is 4.90 Å². The minimum absolute atomic E-state index is 0.0185. The van der Waals surface area contributed by atoms with Gasteiger partial charge in [-0.05, 0) is 32.9 Å². The molecule has 1 aromatic carbocycles. The first-order chi connectivity index (χ1) is 10.2. The molecule has 0 N–H and O–H groups in total. The summed E-state index contributed by atoms with van der Waals surface area (Å²) in [6, 6.07) is 7.97. The number of amides is 1. The lowest BCUT2D eigenvalue weighted by molar-refractivity contribution is 0.0275. The number of nitrogens with zero attached hydrogens (tertiary/aromatic N) is 2. The summed E-state index contributed by atoms with van der Waals surface area (Å²) in [5, 5.41) is 0. The van der Waals surface area contributed by atoms with Gasteiger partial charge in [-0.3, -0.25) is 0 Å². The molecule has 1 unspecified atom stereocenters. The molecule has 1 fully saturated rings. The number of carbonyl (C=O) groups is 1. The van der Waals surface area contributed by atoms with Crippen LogP contribution in [-0.4, -0.2) is 49.9 Å². The van der Waals surface area contributed by atoms with Crippen LogP contribution in [-0.2, 0) is 4.74 Å². The van der Waals surface area contributed by atoms with E-state index in [2.05, 4.69) is 0 Å². The third kappa shape index (κ3) is 4.55. The number of hydrogen-bond acceptors (Lipinski definition) is 4. The van der Waals surface area contributed by atoms with Gasteiger partial charge in [0.25, 0.3) is 0 Å². The van der Waals surface area contributed by atoms with Crippen molar-refractivity contribution in [3.05, 3.63) is 24.3 Å². The summed E-state index contributed by atoms with van der Waals surface area (Å²) in [6.45, 7) is 6.87. The van der Waals surface area contributed by atoms with Gasteiger partial charge in [0.2, 0.25) is 0 Å². The van der Waals surface area contributed by atoms with Gasteiger partial charge in [0.05, 0.1) is 6.54 Å². The van der Waals surface area contributed by atoms with Gasteiger partial charge in [-0.15, -0.1) is 0 Å². The number of anilines is 1. The van der Waals surface area contributed by atoms with Gasteiger partial charge in [-0.2, -0.15) is 0 Å². The van der Waals surface area contributed by atoms with Crippen LogP contribution >= 0.6 is 0 Å². The molecule has 0 aliphatic carbocycles. The molecule has 5 heteroatoms. The smallest absolute Gasteiger partial charge is 0.410 e. The summed E-state index contributed by atoms with van der Waals surface area (Å²) < 4.78 is 11.4. The molecule has 0 aromatic heterocycles. The molecule has 2 rings (SSSR count). The largest absolute Gasteiger partial charge is 0.488 e. The lowest BCUT2D eigenvalue weighted by Gasteiger charge is -2.24. The quantitative estimate of drug-likeness (QED) is 0.860. The Balaban J connectivity index is 1.91. The van der Waals surface area contributed by atoms with Gasteiger partial charge >= 0.3 is 6.09 Å². The molecule has 22 heavy (non-hydrogen) atoms. The number of carbonyl (C=O) groups excluding carboxylic acids is 1. The predicted molar refractivity (Wildman–Crippen MR) is 87.6 cm³/mol. The van der Waals surface area contributed by atoms with E-state index < -0.39 is 5.60 Å². The molecule has 1 amide bonds. The number of likely N-dealkylation sites (tertiary alicyclic amines) is 1. The zero-order valence-corrected chi connectivity index (χ0v) is 14.1. The van der Waals surface area contributed by atoms with Crippen molar-refractivity contribution in [2.24, 2.45) is 0 Å². The normalized spacial score (nSPS) is 18.2. The topological polar surface area (TPSA) is 42.0 Å². The molecule has 0 radical (unpaired) electrons. The average molecular weight is 306 g/mol. The minimum atomic E-state index is -0.462. The second kappa shape index (κ2) is 6.46. The zero-order chi connectivity index (χ0) is 16.3. The minimum Gasteiger partial charge on any atom is -0.488 e. The second-order valence-electron chi connectivity index (χ2n) is 6.85. The first kappa shape index (κ1) is 16.5. The van der Waals surface area contributed by atoms with Crippen molar-refractivity contribution >= 4 is 11.8 Å². The van der Waals surface area contributed by atoms with E-state index in [9.17, 15) is 4.79 Å². The monoisotopic (exact) mass is 306 g/mol. The highest BCUT2D eigenvalue weighted by Crippen LogP contribution is 2.23. The predicted octanol–water partition coefficient (Wildman–Crippen LogP) is 3.14. The van der Waals surface area contributed by atoms with Gasteiger partial charge in [0.1, 0.15) is 17.5 Å². The van der Waals surface area contributed by atoms with Crippen molar-refractivity contribution in [1.82, 2.24) is 4.90 Å². The van der Waals surface area contributed by atoms with E-state index in [1.807, 2.05) is 64.0 Å². The molecule has 1 aliphatic rings. The molecular weight excluding hydrogens is 280 g/mol. The average Bonchev–Trinajstić information content (AvgIpc) is 2.85. The van der Waals surface area contributed by atoms with Crippen LogP contribution in [0.5, 0.6) is 5.75 Å². The summed E-state index contributed by atoms with van der Waals surface area (Å²) in [4.78, 5) is 15.8. The van der Waals surface area contributed by atoms with Crippen molar-refractivity contribution in [2.45, 2.75) is 38.9 Å². The zero-order valence-electron chi connectivity index (χ0n) is 14.1. The molecule has 0 spiro atoms. The van der Waals surface area contributed by atoms with E-state index in [0.717, 1.165) is 17.9 Å². The highest BCUT2D eigenvalue weighted by molar-refractivity contribution is 5.68. The maximum Gasteiger partial charge on any atom is 0.410 e. The maximum atomic E-state index is 12.0. The Hall–Kier alpha value is -1.91. The fourth-order valence-electron chi connectivity index (χ4n) is 2.34. The molecular formula is C17H26N2O3. The fourth-order valence-corrected chi connectivity index (χ4v) is 2.34. The van der Waals surface area contributed by atoms with Crippen molar-refractivity contribution < 1.29 is 14.3 Å². The Morgan fingerprint density at radius 3 is 2.68 bits per heavy atom. The Morgan fingerprint density at radius 1 is 1.32 bits per heavy atom. The highest BCUT2D eigenvalue weighted by Gasteiger charge is 2.30. The number of benzene rings is 1. The van der Waals surface area contributed by atoms with E-state index in [4.69, 9.17) is 9.47 Å². The molecule has 1 atom stereocenters. The molecule has 122 valence electrons. The Bertz CT molecular complexity index is 523. The van der Waals surface area contributed by atoms with Crippen LogP contribution in [0.1, 0.15) is 27.2 Å². The summed E-state index contributed by atoms with van der Waals surface area (Å²) in [7, 11) is 4.00. The summed E-state index contributed by atoms with van der Waals surface area (Å²) in [5.74, 6) is 0.835. The molecule has 1 saturated heterocycles. The van der Waals surface area contributed by atoms with E-state index in [-0.39, 0.29) is 12.2 Å². The van der Waals surface area contributed by atoms with E-state index in [0.29, 0.717) is 13.1 Å². The van der Waals surface area contributed by atoms with Gasteiger partial charge in [-0.1, -0.05) is 6.07 Å². The second-order valence-corrected chi connectivity index (χ2v) is 6.85. The van der Waals surface area contributed by atoms with Crippen molar-refractivity contribution in [3.63, 3.8) is 0 Å². The number of hydrogen-bond donors (Lipinski definition) is 0. The SMILES string of the molecule is CN(C)c1cccc(OC2CCN(C(=O)OC(C)(C)C)C2)c1. The van der Waals surface area contributed by atoms with Crippen molar-refractivity contribution in [2.75, 3.05) is 32.1 Å². The summed E-state index contributed by atoms with van der Waals surface area (Å²) in [6.07, 6.45) is 0.580. The third-order valence-corrected chi connectivity index (χ3v) is 3.43. The van der Waals surface area contributed by atoms with Crippen molar-refractivity contribution in [3.8, 4) is 5.75 Å². The molecule has 1 heterocycles. The van der Waals surface area contributed by atoms with Gasteiger partial charge in [0.15, 0.2) is 0 Å². The first-order valence-corrected chi connectivity index (χ1v) is 7.66. The standard InChI is InChI=1S/C17H26N2O3/c1-17(2,3)22-16(20)19-10-9-15(12-19)21-14-8-6-7-13(11-14)18(4)5/h6-8,11,15H,9-10,12H2,1-5H3. The van der Waals surface area contributed by atoms with Crippen LogP contribution in [0.25, 0.3) is 0 Å². The van der Waals surface area contributed by atoms with Crippen molar-refractivity contribution in [1.29, 1.82) is 0 Å². The maximum absolute atomic E-state index is 12.0. The Labute approximate surface area is 132 Å². The lowest BCUT2D eigenvalue weighted by atomic mass is 10.2. The van der Waals surface area contributed by atoms with Gasteiger partial charge in [-0.25, -0.2) is 4.79 Å². The highest BCUT2D eigenvalue weighted by atomic mass is 16.6. The van der Waals surface area contributed by atoms with Crippen LogP contribution in [0.15, 0.2) is 24.3 Å². The first-order valence-electron chi connectivity index (χ1n) is 7.66.